The van der Waals surface area contributed by atoms with E-state index in [2.05, 4.69) is 32.2 Å². The SMILES string of the molecule is CC1CCC2(CC1)NC(=O)N(CN1CCN(Cc3nc(-c4ccc(Cl)cc4)no3)CC1)C2=O. The van der Waals surface area contributed by atoms with Gasteiger partial charge in [-0.2, -0.15) is 4.98 Å². The Balaban J connectivity index is 1.12. The van der Waals surface area contributed by atoms with E-state index in [9.17, 15) is 9.59 Å². The molecule has 10 heteroatoms. The van der Waals surface area contributed by atoms with Gasteiger partial charge in [-0.05, 0) is 55.9 Å². The van der Waals surface area contributed by atoms with E-state index in [1.54, 1.807) is 12.1 Å². The summed E-state index contributed by atoms with van der Waals surface area (Å²) in [5.74, 6) is 1.67. The standard InChI is InChI=1S/C23H29ClN6O3/c1-16-6-8-23(9-7-16)21(31)30(22(32)26-23)15-29-12-10-28(11-13-29)14-19-25-20(27-33-19)17-2-4-18(24)5-3-17/h2-5,16H,6-15H2,1H3,(H,26,32). The fourth-order valence-corrected chi connectivity index (χ4v) is 5.04. The predicted octanol–water partition coefficient (Wildman–Crippen LogP) is 2.97. The topological polar surface area (TPSA) is 94.8 Å². The van der Waals surface area contributed by atoms with E-state index in [0.717, 1.165) is 57.4 Å². The zero-order chi connectivity index (χ0) is 23.0. The lowest BCUT2D eigenvalue weighted by atomic mass is 9.77. The van der Waals surface area contributed by atoms with Gasteiger partial charge in [-0.25, -0.2) is 9.69 Å². The molecule has 5 rings (SSSR count). The van der Waals surface area contributed by atoms with E-state index in [4.69, 9.17) is 16.1 Å². The second-order valence-corrected chi connectivity index (χ2v) is 9.92. The maximum atomic E-state index is 13.1. The van der Waals surface area contributed by atoms with Gasteiger partial charge in [0.05, 0.1) is 13.2 Å². The fourth-order valence-electron chi connectivity index (χ4n) is 4.91. The van der Waals surface area contributed by atoms with Crippen molar-refractivity contribution in [3.05, 3.63) is 35.2 Å². The fraction of sp³-hybridized carbons (Fsp3) is 0.565. The summed E-state index contributed by atoms with van der Waals surface area (Å²) >= 11 is 5.94. The number of piperazine rings is 1. The second kappa shape index (κ2) is 9.04. The average Bonchev–Trinajstić information content (AvgIpc) is 3.36. The number of imide groups is 1. The van der Waals surface area contributed by atoms with Crippen molar-refractivity contribution in [1.29, 1.82) is 0 Å². The Labute approximate surface area is 198 Å². The molecule has 0 unspecified atom stereocenters. The van der Waals surface area contributed by atoms with Crippen LogP contribution < -0.4 is 5.32 Å². The molecule has 3 fully saturated rings. The highest BCUT2D eigenvalue weighted by molar-refractivity contribution is 6.30. The molecule has 3 heterocycles. The highest BCUT2D eigenvalue weighted by atomic mass is 35.5. The van der Waals surface area contributed by atoms with Crippen LogP contribution in [0.15, 0.2) is 28.8 Å². The number of hydrogen-bond acceptors (Lipinski definition) is 7. The molecule has 33 heavy (non-hydrogen) atoms. The third-order valence-corrected chi connectivity index (χ3v) is 7.36. The van der Waals surface area contributed by atoms with Crippen LogP contribution in [-0.4, -0.2) is 75.2 Å². The summed E-state index contributed by atoms with van der Waals surface area (Å²) in [6.07, 6.45) is 3.44. The molecule has 1 spiro atoms. The zero-order valence-corrected chi connectivity index (χ0v) is 19.6. The molecule has 1 aromatic carbocycles. The first-order chi connectivity index (χ1) is 15.9. The summed E-state index contributed by atoms with van der Waals surface area (Å²) in [6, 6.07) is 7.08. The van der Waals surface area contributed by atoms with Crippen molar-refractivity contribution in [1.82, 2.24) is 30.2 Å². The van der Waals surface area contributed by atoms with Crippen LogP contribution in [0.4, 0.5) is 4.79 Å². The normalized spacial score (nSPS) is 26.8. The number of benzene rings is 1. The van der Waals surface area contributed by atoms with Crippen LogP contribution in [0, 0.1) is 5.92 Å². The number of aromatic nitrogens is 2. The minimum atomic E-state index is -0.675. The molecule has 0 radical (unpaired) electrons. The Morgan fingerprint density at radius 2 is 1.76 bits per heavy atom. The molecule has 3 amide bonds. The van der Waals surface area contributed by atoms with E-state index in [1.165, 1.54) is 4.90 Å². The van der Waals surface area contributed by atoms with E-state index in [-0.39, 0.29) is 11.9 Å². The van der Waals surface area contributed by atoms with E-state index in [0.29, 0.717) is 35.9 Å². The first-order valence-electron chi connectivity index (χ1n) is 11.6. The molecule has 0 atom stereocenters. The molecule has 3 aliphatic rings. The van der Waals surface area contributed by atoms with Crippen molar-refractivity contribution in [2.45, 2.75) is 44.7 Å². The van der Waals surface area contributed by atoms with Gasteiger partial charge in [0, 0.05) is 36.8 Å². The summed E-state index contributed by atoms with van der Waals surface area (Å²) in [4.78, 5) is 36.0. The average molecular weight is 473 g/mol. The first kappa shape index (κ1) is 22.3. The molecular weight excluding hydrogens is 444 g/mol. The summed E-state index contributed by atoms with van der Waals surface area (Å²) in [7, 11) is 0. The van der Waals surface area contributed by atoms with Crippen molar-refractivity contribution in [3.8, 4) is 11.4 Å². The number of rotatable bonds is 5. The highest BCUT2D eigenvalue weighted by Crippen LogP contribution is 2.36. The van der Waals surface area contributed by atoms with Gasteiger partial charge in [-0.3, -0.25) is 14.6 Å². The number of urea groups is 1. The molecule has 176 valence electrons. The Morgan fingerprint density at radius 3 is 2.45 bits per heavy atom. The van der Waals surface area contributed by atoms with Crippen molar-refractivity contribution < 1.29 is 14.1 Å². The number of carbonyl (C=O) groups is 2. The number of carbonyl (C=O) groups excluding carboxylic acids is 2. The Bertz CT molecular complexity index is 1010. The van der Waals surface area contributed by atoms with Crippen LogP contribution in [0.1, 0.15) is 38.5 Å². The van der Waals surface area contributed by atoms with E-state index >= 15 is 0 Å². The molecule has 1 saturated carbocycles. The Hall–Kier alpha value is -2.49. The number of amides is 3. The summed E-state index contributed by atoms with van der Waals surface area (Å²) in [6.45, 7) is 6.24. The maximum Gasteiger partial charge on any atom is 0.326 e. The van der Waals surface area contributed by atoms with Gasteiger partial charge < -0.3 is 9.84 Å². The molecule has 1 aliphatic carbocycles. The van der Waals surface area contributed by atoms with Crippen LogP contribution in [0.3, 0.4) is 0 Å². The van der Waals surface area contributed by atoms with Gasteiger partial charge in [0.2, 0.25) is 11.7 Å². The van der Waals surface area contributed by atoms with Gasteiger partial charge in [0.1, 0.15) is 5.54 Å². The van der Waals surface area contributed by atoms with Gasteiger partial charge in [0.25, 0.3) is 5.91 Å². The number of hydrogen-bond donors (Lipinski definition) is 1. The van der Waals surface area contributed by atoms with Crippen molar-refractivity contribution >= 4 is 23.5 Å². The Kier molecular flexibility index (Phi) is 6.11. The van der Waals surface area contributed by atoms with Crippen LogP contribution >= 0.6 is 11.6 Å². The van der Waals surface area contributed by atoms with Gasteiger partial charge in [0.15, 0.2) is 0 Å². The Morgan fingerprint density at radius 1 is 1.09 bits per heavy atom. The smallest absolute Gasteiger partial charge is 0.326 e. The largest absolute Gasteiger partial charge is 0.338 e. The molecule has 9 nitrogen and oxygen atoms in total. The van der Waals surface area contributed by atoms with E-state index < -0.39 is 5.54 Å². The monoisotopic (exact) mass is 472 g/mol. The molecule has 1 aromatic heterocycles. The quantitative estimate of drug-likeness (QED) is 0.668. The third kappa shape index (κ3) is 4.62. The molecule has 2 aromatic rings. The summed E-state index contributed by atoms with van der Waals surface area (Å²) in [5, 5.41) is 7.74. The summed E-state index contributed by atoms with van der Waals surface area (Å²) < 4.78 is 5.43. The van der Waals surface area contributed by atoms with Gasteiger partial charge >= 0.3 is 6.03 Å². The first-order valence-corrected chi connectivity index (χ1v) is 12.0. The molecule has 0 bridgehead atoms. The maximum absolute atomic E-state index is 13.1. The lowest BCUT2D eigenvalue weighted by molar-refractivity contribution is -0.134. The van der Waals surface area contributed by atoms with Crippen LogP contribution in [-0.2, 0) is 11.3 Å². The van der Waals surface area contributed by atoms with Crippen LogP contribution in [0.5, 0.6) is 0 Å². The summed E-state index contributed by atoms with van der Waals surface area (Å²) in [5.41, 5.74) is 0.184. The van der Waals surface area contributed by atoms with Crippen molar-refractivity contribution in [2.75, 3.05) is 32.8 Å². The van der Waals surface area contributed by atoms with Crippen molar-refractivity contribution in [3.63, 3.8) is 0 Å². The lowest BCUT2D eigenvalue weighted by Crippen LogP contribution is -2.52. The van der Waals surface area contributed by atoms with E-state index in [1.807, 2.05) is 12.1 Å². The molecule has 2 aliphatic heterocycles. The van der Waals surface area contributed by atoms with Gasteiger partial charge in [-0.15, -0.1) is 0 Å². The second-order valence-electron chi connectivity index (χ2n) is 9.48. The lowest BCUT2D eigenvalue weighted by Gasteiger charge is -2.36. The predicted molar refractivity (Wildman–Crippen MR) is 122 cm³/mol. The van der Waals surface area contributed by atoms with Crippen molar-refractivity contribution in [2.24, 2.45) is 5.92 Å². The molecular formula is C23H29ClN6O3. The minimum Gasteiger partial charge on any atom is -0.338 e. The molecule has 1 N–H and O–H groups in total. The van der Waals surface area contributed by atoms with Crippen LogP contribution in [0.25, 0.3) is 11.4 Å². The number of nitrogens with one attached hydrogen (secondary N) is 1. The number of halogens is 1. The van der Waals surface area contributed by atoms with Gasteiger partial charge in [-0.1, -0.05) is 23.7 Å². The van der Waals surface area contributed by atoms with Crippen LogP contribution in [0.2, 0.25) is 5.02 Å². The minimum absolute atomic E-state index is 0.0533. The highest BCUT2D eigenvalue weighted by Gasteiger charge is 2.52. The zero-order valence-electron chi connectivity index (χ0n) is 18.8. The third-order valence-electron chi connectivity index (χ3n) is 7.11. The molecule has 2 saturated heterocycles. The number of nitrogens with zero attached hydrogens (tertiary/aromatic N) is 5.